The number of rotatable bonds is 0. The van der Waals surface area contributed by atoms with Gasteiger partial charge in [0.1, 0.15) is 5.52 Å². The number of hydrogen-bond acceptors (Lipinski definition) is 4. The summed E-state index contributed by atoms with van der Waals surface area (Å²) in [4.78, 5) is 27.4. The van der Waals surface area contributed by atoms with Gasteiger partial charge in [0.15, 0.2) is 5.78 Å². The number of aromatic nitrogens is 1. The van der Waals surface area contributed by atoms with E-state index in [-0.39, 0.29) is 11.2 Å². The van der Waals surface area contributed by atoms with E-state index in [2.05, 4.69) is 20.9 Å². The van der Waals surface area contributed by atoms with Gasteiger partial charge in [0.2, 0.25) is 5.43 Å². The van der Waals surface area contributed by atoms with Crippen LogP contribution in [0.25, 0.3) is 14.7 Å². The molecule has 0 N–H and O–H groups in total. The SMILES string of the molecule is O=C1C=C(Br)c2cc3scnc3c(=O)cc21. The highest BCUT2D eigenvalue weighted by atomic mass is 79.9. The second kappa shape index (κ2) is 3.33. The maximum absolute atomic E-state index is 11.8. The van der Waals surface area contributed by atoms with E-state index in [9.17, 15) is 9.59 Å². The molecule has 16 heavy (non-hydrogen) atoms. The van der Waals surface area contributed by atoms with E-state index < -0.39 is 0 Å². The summed E-state index contributed by atoms with van der Waals surface area (Å²) in [5, 5.41) is 0. The van der Waals surface area contributed by atoms with Crippen LogP contribution in [0.5, 0.6) is 0 Å². The zero-order valence-electron chi connectivity index (χ0n) is 7.86. The number of halogens is 1. The van der Waals surface area contributed by atoms with Gasteiger partial charge in [-0.1, -0.05) is 15.9 Å². The smallest absolute Gasteiger partial charge is 0.206 e. The molecule has 0 aliphatic heterocycles. The van der Waals surface area contributed by atoms with Gasteiger partial charge in [0, 0.05) is 21.7 Å². The third kappa shape index (κ3) is 1.28. The Morgan fingerprint density at radius 1 is 1.19 bits per heavy atom. The molecule has 5 heteroatoms. The van der Waals surface area contributed by atoms with Gasteiger partial charge in [0.25, 0.3) is 0 Å². The lowest BCUT2D eigenvalue weighted by atomic mass is 10.2. The molecule has 0 radical (unpaired) electrons. The molecule has 0 spiro atoms. The van der Waals surface area contributed by atoms with Crippen LogP contribution in [0.3, 0.4) is 0 Å². The summed E-state index contributed by atoms with van der Waals surface area (Å²) in [5.74, 6) is -0.137. The van der Waals surface area contributed by atoms with Crippen molar-refractivity contribution in [3.05, 3.63) is 45.1 Å². The van der Waals surface area contributed by atoms with Crippen molar-refractivity contribution in [1.29, 1.82) is 0 Å². The van der Waals surface area contributed by atoms with Crippen LogP contribution in [0, 0.1) is 0 Å². The van der Waals surface area contributed by atoms with Crippen LogP contribution in [0.1, 0.15) is 15.9 Å². The predicted octanol–water partition coefficient (Wildman–Crippen LogP) is 2.59. The Bertz CT molecular complexity index is 717. The Balaban J connectivity index is 2.55. The first kappa shape index (κ1) is 9.86. The maximum Gasteiger partial charge on any atom is 0.206 e. The minimum atomic E-state index is -0.207. The van der Waals surface area contributed by atoms with E-state index >= 15 is 0 Å². The number of ketones is 1. The highest BCUT2D eigenvalue weighted by Crippen LogP contribution is 2.32. The van der Waals surface area contributed by atoms with Crippen LogP contribution in [0.4, 0.5) is 0 Å². The molecule has 78 valence electrons. The van der Waals surface area contributed by atoms with Gasteiger partial charge in [-0.3, -0.25) is 9.59 Å². The Morgan fingerprint density at radius 3 is 2.81 bits per heavy atom. The van der Waals surface area contributed by atoms with Crippen LogP contribution < -0.4 is 5.43 Å². The lowest BCUT2D eigenvalue weighted by Crippen LogP contribution is -1.99. The normalized spacial score (nSPS) is 14.1. The summed E-state index contributed by atoms with van der Waals surface area (Å²) in [5.41, 5.74) is 3.06. The van der Waals surface area contributed by atoms with Crippen LogP contribution >= 0.6 is 27.3 Å². The average molecular weight is 294 g/mol. The second-order valence-electron chi connectivity index (χ2n) is 3.40. The zero-order chi connectivity index (χ0) is 11.3. The molecule has 0 atom stereocenters. The molecule has 1 aromatic heterocycles. The van der Waals surface area contributed by atoms with Gasteiger partial charge >= 0.3 is 0 Å². The topological polar surface area (TPSA) is 47.0 Å². The van der Waals surface area contributed by atoms with E-state index in [0.29, 0.717) is 11.1 Å². The number of thiazole rings is 1. The summed E-state index contributed by atoms with van der Waals surface area (Å²) < 4.78 is 1.52. The van der Waals surface area contributed by atoms with Crippen LogP contribution in [0.15, 0.2) is 28.5 Å². The molecule has 1 aromatic carbocycles. The Morgan fingerprint density at radius 2 is 2.00 bits per heavy atom. The average Bonchev–Trinajstić information content (AvgIpc) is 2.75. The maximum atomic E-state index is 11.8. The fourth-order valence-electron chi connectivity index (χ4n) is 1.70. The molecule has 0 saturated heterocycles. The van der Waals surface area contributed by atoms with E-state index in [0.717, 1.165) is 14.7 Å². The minimum absolute atomic E-state index is 0.137. The van der Waals surface area contributed by atoms with Crippen molar-refractivity contribution >= 4 is 47.7 Å². The molecule has 1 aliphatic rings. The van der Waals surface area contributed by atoms with Crippen LogP contribution in [-0.4, -0.2) is 10.8 Å². The number of carbonyl (C=O) groups excluding carboxylic acids is 1. The van der Waals surface area contributed by atoms with Gasteiger partial charge in [-0.15, -0.1) is 11.3 Å². The first-order valence-electron chi connectivity index (χ1n) is 4.50. The third-order valence-electron chi connectivity index (χ3n) is 2.45. The molecule has 2 aromatic rings. The molecular weight excluding hydrogens is 290 g/mol. The van der Waals surface area contributed by atoms with Crippen LogP contribution in [-0.2, 0) is 0 Å². The number of nitrogens with zero attached hydrogens (tertiary/aromatic N) is 1. The number of fused-ring (bicyclic) bond motifs is 2. The first-order valence-corrected chi connectivity index (χ1v) is 6.17. The van der Waals surface area contributed by atoms with Gasteiger partial charge < -0.3 is 0 Å². The van der Waals surface area contributed by atoms with Crippen molar-refractivity contribution in [2.24, 2.45) is 0 Å². The molecule has 0 unspecified atom stereocenters. The lowest BCUT2D eigenvalue weighted by Gasteiger charge is -1.90. The van der Waals surface area contributed by atoms with Crippen molar-refractivity contribution in [3.8, 4) is 0 Å². The molecular formula is C11H4BrNO2S. The fourth-order valence-corrected chi connectivity index (χ4v) is 2.96. The molecule has 3 nitrogen and oxygen atoms in total. The summed E-state index contributed by atoms with van der Waals surface area (Å²) in [7, 11) is 0. The number of hydrogen-bond donors (Lipinski definition) is 0. The fraction of sp³-hybridized carbons (Fsp3) is 0. The van der Waals surface area contributed by atoms with Gasteiger partial charge in [0.05, 0.1) is 10.2 Å². The monoisotopic (exact) mass is 293 g/mol. The highest BCUT2D eigenvalue weighted by molar-refractivity contribution is 9.15. The molecule has 0 saturated carbocycles. The number of allylic oxidation sites excluding steroid dienone is 1. The van der Waals surface area contributed by atoms with Crippen molar-refractivity contribution in [2.75, 3.05) is 0 Å². The van der Waals surface area contributed by atoms with Gasteiger partial charge in [-0.2, -0.15) is 0 Å². The molecule has 0 amide bonds. The van der Waals surface area contributed by atoms with E-state index in [4.69, 9.17) is 0 Å². The van der Waals surface area contributed by atoms with Crippen LogP contribution in [0.2, 0.25) is 0 Å². The molecule has 0 bridgehead atoms. The Hall–Kier alpha value is -1.33. The zero-order valence-corrected chi connectivity index (χ0v) is 10.3. The first-order chi connectivity index (χ1) is 7.66. The lowest BCUT2D eigenvalue weighted by molar-refractivity contribution is 0.105. The summed E-state index contributed by atoms with van der Waals surface area (Å²) >= 11 is 4.71. The minimum Gasteiger partial charge on any atom is -0.289 e. The molecule has 0 fully saturated rings. The number of carbonyl (C=O) groups is 1. The summed E-state index contributed by atoms with van der Waals surface area (Å²) in [6.45, 7) is 0. The van der Waals surface area contributed by atoms with E-state index in [1.807, 2.05) is 6.07 Å². The van der Waals surface area contributed by atoms with E-state index in [1.54, 1.807) is 5.51 Å². The van der Waals surface area contributed by atoms with Crippen molar-refractivity contribution < 1.29 is 4.79 Å². The Kier molecular flexibility index (Phi) is 2.05. The summed E-state index contributed by atoms with van der Waals surface area (Å²) in [6, 6.07) is 3.19. The quantitative estimate of drug-likeness (QED) is 0.750. The predicted molar refractivity (Wildman–Crippen MR) is 67.1 cm³/mol. The standard InChI is InChI=1S/C11H4BrNO2S/c12-7-3-8(14)6-1-9(15)11-10(2-5(6)7)16-4-13-11/h1-4H. The van der Waals surface area contributed by atoms with Gasteiger partial charge in [-0.05, 0) is 12.1 Å². The third-order valence-corrected chi connectivity index (χ3v) is 3.88. The van der Waals surface area contributed by atoms with Crippen molar-refractivity contribution in [3.63, 3.8) is 0 Å². The summed E-state index contributed by atoms with van der Waals surface area (Å²) in [6.07, 6.45) is 1.48. The second-order valence-corrected chi connectivity index (χ2v) is 5.14. The Labute approximate surface area is 103 Å². The molecule has 3 rings (SSSR count). The largest absolute Gasteiger partial charge is 0.289 e. The van der Waals surface area contributed by atoms with Crippen molar-refractivity contribution in [2.45, 2.75) is 0 Å². The highest BCUT2D eigenvalue weighted by Gasteiger charge is 2.20. The van der Waals surface area contributed by atoms with E-state index in [1.165, 1.54) is 23.5 Å². The molecule has 1 aliphatic carbocycles. The molecule has 1 heterocycles. The van der Waals surface area contributed by atoms with Crippen molar-refractivity contribution in [1.82, 2.24) is 4.98 Å². The van der Waals surface area contributed by atoms with Gasteiger partial charge in [-0.25, -0.2) is 4.98 Å².